The van der Waals surface area contributed by atoms with E-state index in [2.05, 4.69) is 49.4 Å². The Labute approximate surface area is 159 Å². The highest BCUT2D eigenvalue weighted by Gasteiger charge is 2.35. The van der Waals surface area contributed by atoms with E-state index in [9.17, 15) is 4.79 Å². The van der Waals surface area contributed by atoms with Crippen molar-refractivity contribution in [3.63, 3.8) is 0 Å². The maximum Gasteiger partial charge on any atom is 0.265 e. The topological polar surface area (TPSA) is 29.5 Å². The molecule has 0 radical (unpaired) electrons. The summed E-state index contributed by atoms with van der Waals surface area (Å²) >= 11 is 1.80. The summed E-state index contributed by atoms with van der Waals surface area (Å²) in [6, 6.07) is 17.1. The number of ether oxygens (including phenoxy) is 1. The predicted octanol–water partition coefficient (Wildman–Crippen LogP) is 5.28. The number of benzene rings is 2. The fourth-order valence-electron chi connectivity index (χ4n) is 4.03. The number of rotatable bonds is 4. The van der Waals surface area contributed by atoms with Crippen LogP contribution in [0, 0.1) is 5.92 Å². The average Bonchev–Trinajstić information content (AvgIpc) is 2.68. The van der Waals surface area contributed by atoms with Crippen LogP contribution in [0.3, 0.4) is 0 Å². The molecule has 1 saturated carbocycles. The van der Waals surface area contributed by atoms with E-state index in [1.165, 1.54) is 29.7 Å². The van der Waals surface area contributed by atoms with E-state index in [-0.39, 0.29) is 12.5 Å². The van der Waals surface area contributed by atoms with Crippen molar-refractivity contribution >= 4 is 23.4 Å². The Morgan fingerprint density at radius 2 is 1.92 bits per heavy atom. The zero-order valence-corrected chi connectivity index (χ0v) is 16.0. The normalized spacial score (nSPS) is 22.7. The van der Waals surface area contributed by atoms with E-state index < -0.39 is 0 Å². The summed E-state index contributed by atoms with van der Waals surface area (Å²) in [7, 11) is 0. The highest BCUT2D eigenvalue weighted by molar-refractivity contribution is 7.98. The summed E-state index contributed by atoms with van der Waals surface area (Å²) in [5, 5.41) is 0. The van der Waals surface area contributed by atoms with Crippen LogP contribution in [0.5, 0.6) is 5.75 Å². The Bertz CT molecular complexity index is 777. The van der Waals surface area contributed by atoms with Crippen LogP contribution in [0.1, 0.15) is 38.2 Å². The van der Waals surface area contributed by atoms with Gasteiger partial charge in [0.25, 0.3) is 5.91 Å². The number of amides is 1. The van der Waals surface area contributed by atoms with E-state index in [0.717, 1.165) is 23.6 Å². The van der Waals surface area contributed by atoms with Gasteiger partial charge in [-0.2, -0.15) is 0 Å². The van der Waals surface area contributed by atoms with Gasteiger partial charge in [0.1, 0.15) is 5.75 Å². The molecule has 0 bridgehead atoms. The molecule has 1 aliphatic heterocycles. The Morgan fingerprint density at radius 3 is 2.73 bits per heavy atom. The molecule has 2 aromatic carbocycles. The van der Waals surface area contributed by atoms with Gasteiger partial charge in [-0.25, -0.2) is 0 Å². The van der Waals surface area contributed by atoms with Gasteiger partial charge < -0.3 is 9.64 Å². The van der Waals surface area contributed by atoms with Gasteiger partial charge in [-0.15, -0.1) is 11.8 Å². The molecular formula is C22H25NO2S. The molecule has 0 spiro atoms. The minimum atomic E-state index is 0.0981. The first kappa shape index (κ1) is 17.5. The van der Waals surface area contributed by atoms with Crippen LogP contribution in [0.25, 0.3) is 0 Å². The minimum Gasteiger partial charge on any atom is -0.482 e. The molecule has 2 atom stereocenters. The zero-order chi connectivity index (χ0) is 17.9. The number of fused-ring (bicyclic) bond motifs is 1. The second-order valence-corrected chi connectivity index (χ2v) is 8.33. The first-order valence-corrected chi connectivity index (χ1v) is 10.5. The van der Waals surface area contributed by atoms with E-state index in [1.807, 2.05) is 11.0 Å². The second kappa shape index (κ2) is 7.75. The Kier molecular flexibility index (Phi) is 5.21. The molecule has 2 aromatic rings. The third-order valence-electron chi connectivity index (χ3n) is 5.46. The SMILES string of the molecule is C[C@H]1CCCC[C@@H]1N1C(=O)COc2cc(SCc3ccccc3)ccc21. The lowest BCUT2D eigenvalue weighted by atomic mass is 9.84. The molecule has 0 aromatic heterocycles. The highest BCUT2D eigenvalue weighted by atomic mass is 32.2. The highest BCUT2D eigenvalue weighted by Crippen LogP contribution is 2.40. The van der Waals surface area contributed by atoms with E-state index in [0.29, 0.717) is 12.0 Å². The van der Waals surface area contributed by atoms with Crippen molar-refractivity contribution in [1.29, 1.82) is 0 Å². The Morgan fingerprint density at radius 1 is 1.12 bits per heavy atom. The summed E-state index contributed by atoms with van der Waals surface area (Å²) < 4.78 is 5.78. The number of hydrogen-bond donors (Lipinski definition) is 0. The Balaban J connectivity index is 1.54. The smallest absolute Gasteiger partial charge is 0.265 e. The average molecular weight is 368 g/mol. The number of anilines is 1. The molecule has 0 saturated heterocycles. The lowest BCUT2D eigenvalue weighted by molar-refractivity contribution is -0.122. The third-order valence-corrected chi connectivity index (χ3v) is 6.52. The molecule has 26 heavy (non-hydrogen) atoms. The van der Waals surface area contributed by atoms with Gasteiger partial charge >= 0.3 is 0 Å². The molecule has 4 rings (SSSR count). The summed E-state index contributed by atoms with van der Waals surface area (Å²) in [6.45, 7) is 2.43. The summed E-state index contributed by atoms with van der Waals surface area (Å²) in [6.07, 6.45) is 4.78. The number of carbonyl (C=O) groups is 1. The number of thioether (sulfide) groups is 1. The van der Waals surface area contributed by atoms with Crippen LogP contribution in [0.4, 0.5) is 5.69 Å². The first-order valence-electron chi connectivity index (χ1n) is 9.48. The van der Waals surface area contributed by atoms with E-state index >= 15 is 0 Å². The van der Waals surface area contributed by atoms with Crippen molar-refractivity contribution in [3.05, 3.63) is 54.1 Å². The molecule has 4 heteroatoms. The van der Waals surface area contributed by atoms with Gasteiger partial charge in [-0.05, 0) is 42.5 Å². The lowest BCUT2D eigenvalue weighted by Crippen LogP contribution is -2.49. The molecular weight excluding hydrogens is 342 g/mol. The molecule has 1 aliphatic carbocycles. The maximum atomic E-state index is 12.6. The summed E-state index contributed by atoms with van der Waals surface area (Å²) in [4.78, 5) is 15.8. The van der Waals surface area contributed by atoms with Crippen LogP contribution in [-0.2, 0) is 10.5 Å². The molecule has 1 fully saturated rings. The van der Waals surface area contributed by atoms with Crippen molar-refractivity contribution in [1.82, 2.24) is 0 Å². The summed E-state index contributed by atoms with van der Waals surface area (Å²) in [5.74, 6) is 2.43. The Hall–Kier alpha value is -1.94. The first-order chi connectivity index (χ1) is 12.7. The second-order valence-electron chi connectivity index (χ2n) is 7.29. The fourth-order valence-corrected chi connectivity index (χ4v) is 4.91. The number of nitrogens with zero attached hydrogens (tertiary/aromatic N) is 1. The van der Waals surface area contributed by atoms with Crippen LogP contribution in [0.15, 0.2) is 53.4 Å². The minimum absolute atomic E-state index is 0.0981. The van der Waals surface area contributed by atoms with Crippen molar-refractivity contribution in [2.24, 2.45) is 5.92 Å². The predicted molar refractivity (Wildman–Crippen MR) is 107 cm³/mol. The largest absolute Gasteiger partial charge is 0.482 e. The van der Waals surface area contributed by atoms with Gasteiger partial charge in [0.15, 0.2) is 6.61 Å². The molecule has 136 valence electrons. The molecule has 1 heterocycles. The van der Waals surface area contributed by atoms with Crippen LogP contribution < -0.4 is 9.64 Å². The van der Waals surface area contributed by atoms with Crippen LogP contribution in [-0.4, -0.2) is 18.6 Å². The molecule has 0 N–H and O–H groups in total. The van der Waals surface area contributed by atoms with Crippen molar-refractivity contribution in [3.8, 4) is 5.75 Å². The van der Waals surface area contributed by atoms with Gasteiger partial charge in [0.2, 0.25) is 0 Å². The van der Waals surface area contributed by atoms with Crippen molar-refractivity contribution < 1.29 is 9.53 Å². The third kappa shape index (κ3) is 3.61. The van der Waals surface area contributed by atoms with E-state index in [4.69, 9.17) is 4.74 Å². The summed E-state index contributed by atoms with van der Waals surface area (Å²) in [5.41, 5.74) is 2.26. The van der Waals surface area contributed by atoms with Crippen molar-refractivity contribution in [2.75, 3.05) is 11.5 Å². The number of carbonyl (C=O) groups excluding carboxylic acids is 1. The van der Waals surface area contributed by atoms with Crippen molar-refractivity contribution in [2.45, 2.75) is 49.3 Å². The van der Waals surface area contributed by atoms with Gasteiger partial charge in [0, 0.05) is 16.7 Å². The monoisotopic (exact) mass is 367 g/mol. The fraction of sp³-hybridized carbons (Fsp3) is 0.409. The standard InChI is InChI=1S/C22H25NO2S/c1-16-7-5-6-10-19(16)23-20-12-11-18(13-21(20)25-14-22(23)24)26-15-17-8-3-2-4-9-17/h2-4,8-9,11-13,16,19H,5-7,10,14-15H2,1H3/t16-,19-/m0/s1. The molecule has 3 nitrogen and oxygen atoms in total. The molecule has 2 aliphatic rings. The molecule has 0 unspecified atom stereocenters. The quantitative estimate of drug-likeness (QED) is 0.688. The molecule has 1 amide bonds. The lowest BCUT2D eigenvalue weighted by Gasteiger charge is -2.41. The van der Waals surface area contributed by atoms with Gasteiger partial charge in [0.05, 0.1) is 5.69 Å². The van der Waals surface area contributed by atoms with Crippen LogP contribution in [0.2, 0.25) is 0 Å². The maximum absolute atomic E-state index is 12.6. The zero-order valence-electron chi connectivity index (χ0n) is 15.2. The number of hydrogen-bond acceptors (Lipinski definition) is 3. The van der Waals surface area contributed by atoms with Gasteiger partial charge in [-0.3, -0.25) is 4.79 Å². The van der Waals surface area contributed by atoms with Crippen LogP contribution >= 0.6 is 11.8 Å². The van der Waals surface area contributed by atoms with Gasteiger partial charge in [-0.1, -0.05) is 50.1 Å². The van der Waals surface area contributed by atoms with E-state index in [1.54, 1.807) is 11.8 Å².